The molecule has 108 valence electrons. The Hall–Kier alpha value is -2.53. The number of benzene rings is 1. The Morgan fingerprint density at radius 2 is 2.33 bits per heavy atom. The topological polar surface area (TPSA) is 92.8 Å². The van der Waals surface area contributed by atoms with Crippen molar-refractivity contribution in [2.24, 2.45) is 17.5 Å². The molecule has 1 aromatic carbocycles. The lowest BCUT2D eigenvalue weighted by Gasteiger charge is -2.09. The van der Waals surface area contributed by atoms with Crippen LogP contribution in [0.5, 0.6) is 0 Å². The zero-order valence-electron chi connectivity index (χ0n) is 11.9. The van der Waals surface area contributed by atoms with Crippen LogP contribution in [0.3, 0.4) is 0 Å². The largest absolute Gasteiger partial charge is 0.403 e. The molecule has 0 bridgehead atoms. The highest BCUT2D eigenvalue weighted by Crippen LogP contribution is 2.25. The van der Waals surface area contributed by atoms with Gasteiger partial charge in [-0.1, -0.05) is 31.2 Å². The third-order valence-electron chi connectivity index (χ3n) is 3.70. The van der Waals surface area contributed by atoms with Crippen LogP contribution in [-0.2, 0) is 0 Å². The van der Waals surface area contributed by atoms with Gasteiger partial charge in [-0.2, -0.15) is 0 Å². The summed E-state index contributed by atoms with van der Waals surface area (Å²) in [4.78, 5) is 7.99. The van der Waals surface area contributed by atoms with E-state index in [1.54, 1.807) is 0 Å². The van der Waals surface area contributed by atoms with Crippen LogP contribution in [0.25, 0.3) is 22.3 Å². The van der Waals surface area contributed by atoms with E-state index in [0.717, 1.165) is 34.4 Å². The Kier molecular flexibility index (Phi) is 3.50. The van der Waals surface area contributed by atoms with Crippen molar-refractivity contribution in [1.82, 2.24) is 15.4 Å². The molecule has 1 aliphatic rings. The second-order valence-corrected chi connectivity index (χ2v) is 5.27. The summed E-state index contributed by atoms with van der Waals surface area (Å²) in [6.07, 6.45) is 9.05. The molecule has 0 saturated carbocycles. The number of allylic oxidation sites excluding steroid dienone is 4. The van der Waals surface area contributed by atoms with E-state index < -0.39 is 0 Å². The average Bonchev–Trinajstić information content (AvgIpc) is 2.92. The molecule has 5 heteroatoms. The number of hydrazine groups is 1. The minimum absolute atomic E-state index is 0.595. The quantitative estimate of drug-likeness (QED) is 0.513. The van der Waals surface area contributed by atoms with Gasteiger partial charge >= 0.3 is 0 Å². The van der Waals surface area contributed by atoms with E-state index in [1.807, 2.05) is 18.2 Å². The predicted octanol–water partition coefficient (Wildman–Crippen LogP) is 2.26. The summed E-state index contributed by atoms with van der Waals surface area (Å²) in [7, 11) is 0. The van der Waals surface area contributed by atoms with Gasteiger partial charge in [0.2, 0.25) is 0 Å². The molecule has 1 heterocycles. The van der Waals surface area contributed by atoms with Crippen LogP contribution in [0.4, 0.5) is 0 Å². The van der Waals surface area contributed by atoms with Crippen molar-refractivity contribution in [3.05, 3.63) is 54.0 Å². The molecule has 21 heavy (non-hydrogen) atoms. The maximum absolute atomic E-state index is 5.55. The van der Waals surface area contributed by atoms with Gasteiger partial charge in [-0.3, -0.25) is 5.84 Å². The van der Waals surface area contributed by atoms with Crippen LogP contribution in [-0.4, -0.2) is 9.97 Å². The predicted molar refractivity (Wildman–Crippen MR) is 86.5 cm³/mol. The molecular weight excluding hydrogens is 262 g/mol. The first kappa shape index (κ1) is 13.5. The van der Waals surface area contributed by atoms with Crippen LogP contribution in [0.2, 0.25) is 0 Å². The van der Waals surface area contributed by atoms with Crippen LogP contribution >= 0.6 is 0 Å². The molecule has 3 rings (SSSR count). The smallest absolute Gasteiger partial charge is 0.138 e. The number of imidazole rings is 1. The SMILES string of the molecule is CC1C=CC(c2nc3ccc(/C(=C/N)NN)cc3[nH]2)=CC1. The summed E-state index contributed by atoms with van der Waals surface area (Å²) in [5, 5.41) is 0. The van der Waals surface area contributed by atoms with E-state index in [9.17, 15) is 0 Å². The van der Waals surface area contributed by atoms with Gasteiger partial charge in [0.25, 0.3) is 0 Å². The molecule has 5 nitrogen and oxygen atoms in total. The molecular formula is C16H19N5. The number of nitrogens with one attached hydrogen (secondary N) is 2. The van der Waals surface area contributed by atoms with Gasteiger partial charge in [-0.15, -0.1) is 0 Å². The van der Waals surface area contributed by atoms with Crippen molar-refractivity contribution < 1.29 is 0 Å². The summed E-state index contributed by atoms with van der Waals surface area (Å²) < 4.78 is 0. The van der Waals surface area contributed by atoms with Crippen LogP contribution < -0.4 is 17.0 Å². The molecule has 0 amide bonds. The zero-order chi connectivity index (χ0) is 14.8. The van der Waals surface area contributed by atoms with Gasteiger partial charge in [-0.25, -0.2) is 4.98 Å². The number of aromatic nitrogens is 2. The van der Waals surface area contributed by atoms with Crippen molar-refractivity contribution in [1.29, 1.82) is 0 Å². The Morgan fingerprint density at radius 3 is 3.00 bits per heavy atom. The number of fused-ring (bicyclic) bond motifs is 1. The highest BCUT2D eigenvalue weighted by Gasteiger charge is 2.10. The van der Waals surface area contributed by atoms with Gasteiger partial charge in [0.05, 0.1) is 16.7 Å². The lowest BCUT2D eigenvalue weighted by atomic mass is 9.98. The lowest BCUT2D eigenvalue weighted by Crippen LogP contribution is -2.20. The molecule has 1 aromatic heterocycles. The fourth-order valence-corrected chi connectivity index (χ4v) is 2.44. The monoisotopic (exact) mass is 281 g/mol. The Labute approximate surface area is 123 Å². The number of H-pyrrole nitrogens is 1. The molecule has 0 fully saturated rings. The van der Waals surface area contributed by atoms with E-state index in [1.165, 1.54) is 6.20 Å². The van der Waals surface area contributed by atoms with Gasteiger partial charge in [0, 0.05) is 17.3 Å². The Balaban J connectivity index is 1.99. The number of hydrogen-bond donors (Lipinski definition) is 4. The molecule has 0 aliphatic heterocycles. The minimum atomic E-state index is 0.595. The second-order valence-electron chi connectivity index (χ2n) is 5.27. The van der Waals surface area contributed by atoms with Crippen LogP contribution in [0, 0.1) is 5.92 Å². The van der Waals surface area contributed by atoms with Crippen molar-refractivity contribution in [2.45, 2.75) is 13.3 Å². The Bertz CT molecular complexity index is 751. The van der Waals surface area contributed by atoms with Crippen molar-refractivity contribution in [3.8, 4) is 0 Å². The van der Waals surface area contributed by atoms with E-state index in [0.29, 0.717) is 11.6 Å². The molecule has 1 aliphatic carbocycles. The number of rotatable bonds is 3. The molecule has 0 radical (unpaired) electrons. The van der Waals surface area contributed by atoms with E-state index >= 15 is 0 Å². The van der Waals surface area contributed by atoms with Gasteiger partial charge < -0.3 is 16.1 Å². The highest BCUT2D eigenvalue weighted by atomic mass is 15.2. The second kappa shape index (κ2) is 5.46. The summed E-state index contributed by atoms with van der Waals surface area (Å²) in [6.45, 7) is 2.20. The minimum Gasteiger partial charge on any atom is -0.403 e. The fourth-order valence-electron chi connectivity index (χ4n) is 2.44. The lowest BCUT2D eigenvalue weighted by molar-refractivity contribution is 0.738. The first-order chi connectivity index (χ1) is 10.2. The molecule has 6 N–H and O–H groups in total. The van der Waals surface area contributed by atoms with E-state index in [-0.39, 0.29) is 0 Å². The standard InChI is InChI=1S/C16H19N5/c1-10-2-4-11(5-3-10)16-19-13-7-6-12(8-14(13)20-16)15(9-17)21-18/h2,4-10,21H,3,17-18H2,1H3,(H,19,20)/b15-9-. The van der Waals surface area contributed by atoms with Gasteiger partial charge in [0.15, 0.2) is 0 Å². The third-order valence-corrected chi connectivity index (χ3v) is 3.70. The van der Waals surface area contributed by atoms with Crippen LogP contribution in [0.1, 0.15) is 24.7 Å². The third kappa shape index (κ3) is 2.55. The van der Waals surface area contributed by atoms with Crippen LogP contribution in [0.15, 0.2) is 42.6 Å². The highest BCUT2D eigenvalue weighted by molar-refractivity contribution is 5.84. The summed E-state index contributed by atoms with van der Waals surface area (Å²) in [5.41, 5.74) is 12.8. The summed E-state index contributed by atoms with van der Waals surface area (Å²) >= 11 is 0. The molecule has 2 aromatic rings. The molecule has 0 saturated heterocycles. The van der Waals surface area contributed by atoms with Gasteiger partial charge in [0.1, 0.15) is 5.82 Å². The number of hydrogen-bond acceptors (Lipinski definition) is 4. The summed E-state index contributed by atoms with van der Waals surface area (Å²) in [6, 6.07) is 5.89. The summed E-state index contributed by atoms with van der Waals surface area (Å²) in [5.74, 6) is 6.94. The maximum Gasteiger partial charge on any atom is 0.138 e. The van der Waals surface area contributed by atoms with E-state index in [4.69, 9.17) is 11.6 Å². The van der Waals surface area contributed by atoms with Gasteiger partial charge in [-0.05, 0) is 24.5 Å². The molecule has 1 unspecified atom stereocenters. The molecule has 1 atom stereocenters. The zero-order valence-corrected chi connectivity index (χ0v) is 11.9. The van der Waals surface area contributed by atoms with E-state index in [2.05, 4.69) is 40.5 Å². The normalized spacial score (nSPS) is 18.9. The number of aromatic amines is 1. The maximum atomic E-state index is 5.55. The van der Waals surface area contributed by atoms with Crippen molar-refractivity contribution in [3.63, 3.8) is 0 Å². The first-order valence-corrected chi connectivity index (χ1v) is 6.98. The molecule has 0 spiro atoms. The number of nitrogens with two attached hydrogens (primary N) is 2. The Morgan fingerprint density at radius 1 is 1.48 bits per heavy atom. The average molecular weight is 281 g/mol. The number of nitrogens with zero attached hydrogens (tertiary/aromatic N) is 1. The van der Waals surface area contributed by atoms with Crippen molar-refractivity contribution in [2.75, 3.05) is 0 Å². The first-order valence-electron chi connectivity index (χ1n) is 6.98. The fraction of sp³-hybridized carbons (Fsp3) is 0.188. The van der Waals surface area contributed by atoms with Crippen molar-refractivity contribution >= 4 is 22.3 Å².